The van der Waals surface area contributed by atoms with Crippen molar-refractivity contribution in [2.75, 3.05) is 6.61 Å². The topological polar surface area (TPSA) is 22.1 Å². The van der Waals surface area contributed by atoms with Crippen LogP contribution in [0.4, 0.5) is 0 Å². The Labute approximate surface area is 134 Å². The van der Waals surface area contributed by atoms with Gasteiger partial charge < -0.3 is 4.74 Å². The molecule has 0 N–H and O–H groups in total. The second-order valence-electron chi connectivity index (χ2n) is 5.75. The van der Waals surface area contributed by atoms with E-state index in [-0.39, 0.29) is 0 Å². The molecule has 2 aromatic rings. The smallest absolute Gasteiger partial charge is 0.119 e. The first kappa shape index (κ1) is 16.5. The molecule has 1 aromatic heterocycles. The molecule has 0 bridgehead atoms. The predicted molar refractivity (Wildman–Crippen MR) is 92.5 cm³/mol. The molecule has 0 aliphatic heterocycles. The summed E-state index contributed by atoms with van der Waals surface area (Å²) in [6.07, 6.45) is 8.71. The van der Waals surface area contributed by atoms with E-state index >= 15 is 0 Å². The van der Waals surface area contributed by atoms with Gasteiger partial charge in [0.2, 0.25) is 0 Å². The van der Waals surface area contributed by atoms with E-state index in [0.29, 0.717) is 0 Å². The minimum atomic E-state index is 0.785. The number of unbranched alkanes of at least 4 members (excludes halogenated alkanes) is 1. The van der Waals surface area contributed by atoms with E-state index in [2.05, 4.69) is 55.2 Å². The maximum atomic E-state index is 5.61. The number of aryl methyl sites for hydroxylation is 3. The van der Waals surface area contributed by atoms with Gasteiger partial charge in [-0.3, -0.25) is 4.98 Å². The molecule has 22 heavy (non-hydrogen) atoms. The Hall–Kier alpha value is -1.83. The Kier molecular flexibility index (Phi) is 6.95. The number of hydrogen-bond donors (Lipinski definition) is 0. The second-order valence-corrected chi connectivity index (χ2v) is 5.75. The molecule has 0 spiro atoms. The maximum Gasteiger partial charge on any atom is 0.119 e. The molecular formula is C20H27NO. The minimum Gasteiger partial charge on any atom is -0.494 e. The molecule has 0 saturated carbocycles. The van der Waals surface area contributed by atoms with Crippen molar-refractivity contribution in [2.45, 2.75) is 52.4 Å². The highest BCUT2D eigenvalue weighted by molar-refractivity contribution is 5.28. The zero-order valence-electron chi connectivity index (χ0n) is 13.8. The number of ether oxygens (including phenoxy) is 1. The lowest BCUT2D eigenvalue weighted by atomic mass is 10.1. The first-order chi connectivity index (χ1) is 10.8. The largest absolute Gasteiger partial charge is 0.494 e. The molecule has 1 heterocycles. The number of rotatable bonds is 9. The Bertz CT molecular complexity index is 479. The van der Waals surface area contributed by atoms with Crippen LogP contribution in [0, 0.1) is 0 Å². The van der Waals surface area contributed by atoms with E-state index < -0.39 is 0 Å². The van der Waals surface area contributed by atoms with Gasteiger partial charge in [-0.2, -0.15) is 0 Å². The number of nitrogens with zero attached hydrogens (tertiary/aromatic N) is 1. The van der Waals surface area contributed by atoms with Gasteiger partial charge in [0.1, 0.15) is 5.75 Å². The van der Waals surface area contributed by atoms with E-state index in [1.165, 1.54) is 29.7 Å². The highest BCUT2D eigenvalue weighted by atomic mass is 16.5. The fourth-order valence-corrected chi connectivity index (χ4v) is 2.38. The van der Waals surface area contributed by atoms with Gasteiger partial charge in [-0.25, -0.2) is 0 Å². The van der Waals surface area contributed by atoms with Crippen molar-refractivity contribution in [3.63, 3.8) is 0 Å². The lowest BCUT2D eigenvalue weighted by molar-refractivity contribution is 0.317. The van der Waals surface area contributed by atoms with Crippen molar-refractivity contribution < 1.29 is 4.74 Å². The fourth-order valence-electron chi connectivity index (χ4n) is 2.38. The van der Waals surface area contributed by atoms with Crippen LogP contribution in [0.25, 0.3) is 0 Å². The molecule has 2 heteroatoms. The van der Waals surface area contributed by atoms with Gasteiger partial charge in [0.15, 0.2) is 0 Å². The fraction of sp³-hybridized carbons (Fsp3) is 0.450. The molecule has 2 nitrogen and oxygen atoms in total. The third-order valence-electron chi connectivity index (χ3n) is 3.77. The van der Waals surface area contributed by atoms with Crippen molar-refractivity contribution in [3.05, 3.63) is 59.4 Å². The standard InChI is InChI=1S/C20H27NO/c1-3-5-6-18-8-12-19(21-16-18)11-7-17-9-13-20(14-10-17)22-15-4-2/h8-10,12-14,16H,3-7,11,15H2,1-2H3. The summed E-state index contributed by atoms with van der Waals surface area (Å²) in [7, 11) is 0. The molecule has 0 aliphatic rings. The molecule has 2 rings (SSSR count). The van der Waals surface area contributed by atoms with Gasteiger partial charge in [-0.1, -0.05) is 38.5 Å². The quantitative estimate of drug-likeness (QED) is 0.650. The van der Waals surface area contributed by atoms with Crippen LogP contribution in [0.2, 0.25) is 0 Å². The number of benzene rings is 1. The average Bonchev–Trinajstić information content (AvgIpc) is 2.58. The Morgan fingerprint density at radius 3 is 2.23 bits per heavy atom. The summed E-state index contributed by atoms with van der Waals surface area (Å²) in [5.41, 5.74) is 3.86. The minimum absolute atomic E-state index is 0.785. The summed E-state index contributed by atoms with van der Waals surface area (Å²) in [4.78, 5) is 4.58. The van der Waals surface area contributed by atoms with Gasteiger partial charge in [0.25, 0.3) is 0 Å². The van der Waals surface area contributed by atoms with E-state index in [0.717, 1.165) is 38.0 Å². The average molecular weight is 297 g/mol. The highest BCUT2D eigenvalue weighted by Crippen LogP contribution is 2.14. The van der Waals surface area contributed by atoms with E-state index in [1.54, 1.807) is 0 Å². The second kappa shape index (κ2) is 9.24. The van der Waals surface area contributed by atoms with Crippen molar-refractivity contribution in [1.29, 1.82) is 0 Å². The Morgan fingerprint density at radius 2 is 1.59 bits per heavy atom. The van der Waals surface area contributed by atoms with Gasteiger partial charge in [0.05, 0.1) is 6.61 Å². The first-order valence-electron chi connectivity index (χ1n) is 8.47. The van der Waals surface area contributed by atoms with Gasteiger partial charge in [-0.05, 0) is 61.4 Å². The first-order valence-corrected chi connectivity index (χ1v) is 8.47. The Morgan fingerprint density at radius 1 is 0.818 bits per heavy atom. The molecular weight excluding hydrogens is 270 g/mol. The van der Waals surface area contributed by atoms with Crippen LogP contribution in [0.5, 0.6) is 5.75 Å². The maximum absolute atomic E-state index is 5.61. The van der Waals surface area contributed by atoms with Crippen molar-refractivity contribution in [1.82, 2.24) is 4.98 Å². The third-order valence-corrected chi connectivity index (χ3v) is 3.77. The lowest BCUT2D eigenvalue weighted by Gasteiger charge is -2.06. The molecule has 0 unspecified atom stereocenters. The van der Waals surface area contributed by atoms with E-state index in [9.17, 15) is 0 Å². The summed E-state index contributed by atoms with van der Waals surface area (Å²) in [5.74, 6) is 0.962. The van der Waals surface area contributed by atoms with Gasteiger partial charge in [-0.15, -0.1) is 0 Å². The molecule has 0 atom stereocenters. The van der Waals surface area contributed by atoms with Gasteiger partial charge in [0, 0.05) is 11.9 Å². The SMILES string of the molecule is CCCCc1ccc(CCc2ccc(OCCC)cc2)nc1. The van der Waals surface area contributed by atoms with Crippen LogP contribution >= 0.6 is 0 Å². The monoisotopic (exact) mass is 297 g/mol. The molecule has 0 saturated heterocycles. The van der Waals surface area contributed by atoms with E-state index in [4.69, 9.17) is 4.74 Å². The summed E-state index contributed by atoms with van der Waals surface area (Å²) < 4.78 is 5.61. The third kappa shape index (κ3) is 5.51. The zero-order valence-corrected chi connectivity index (χ0v) is 13.8. The van der Waals surface area contributed by atoms with Crippen LogP contribution < -0.4 is 4.74 Å². The predicted octanol–water partition coefficient (Wildman–Crippen LogP) is 5.00. The van der Waals surface area contributed by atoms with Crippen LogP contribution in [0.1, 0.15) is 49.9 Å². The van der Waals surface area contributed by atoms with Crippen molar-refractivity contribution >= 4 is 0 Å². The molecule has 0 radical (unpaired) electrons. The summed E-state index contributed by atoms with van der Waals surface area (Å²) in [6, 6.07) is 12.8. The molecule has 0 amide bonds. The number of pyridine rings is 1. The molecule has 0 aliphatic carbocycles. The lowest BCUT2D eigenvalue weighted by Crippen LogP contribution is -1.97. The molecule has 0 fully saturated rings. The van der Waals surface area contributed by atoms with Gasteiger partial charge >= 0.3 is 0 Å². The van der Waals surface area contributed by atoms with Crippen LogP contribution in [-0.4, -0.2) is 11.6 Å². The zero-order chi connectivity index (χ0) is 15.6. The van der Waals surface area contributed by atoms with E-state index in [1.807, 2.05) is 6.20 Å². The Balaban J connectivity index is 1.81. The van der Waals surface area contributed by atoms with Crippen molar-refractivity contribution in [3.8, 4) is 5.75 Å². The van der Waals surface area contributed by atoms with Crippen LogP contribution in [0.3, 0.4) is 0 Å². The molecule has 1 aromatic carbocycles. The van der Waals surface area contributed by atoms with Crippen molar-refractivity contribution in [2.24, 2.45) is 0 Å². The number of aromatic nitrogens is 1. The number of hydrogen-bond acceptors (Lipinski definition) is 2. The summed E-state index contributed by atoms with van der Waals surface area (Å²) in [5, 5.41) is 0. The summed E-state index contributed by atoms with van der Waals surface area (Å²) >= 11 is 0. The highest BCUT2D eigenvalue weighted by Gasteiger charge is 2.00. The van der Waals surface area contributed by atoms with Crippen LogP contribution in [-0.2, 0) is 19.3 Å². The van der Waals surface area contributed by atoms with Crippen LogP contribution in [0.15, 0.2) is 42.6 Å². The summed E-state index contributed by atoms with van der Waals surface area (Å²) in [6.45, 7) is 5.13. The molecule has 118 valence electrons. The normalized spacial score (nSPS) is 10.6.